The minimum atomic E-state index is -0.325. The molecular formula is C11H15FO2. The highest BCUT2D eigenvalue weighted by atomic mass is 19.1. The molecule has 0 aliphatic carbocycles. The second kappa shape index (κ2) is 4.42. The second-order valence-electron chi connectivity index (χ2n) is 3.39. The van der Waals surface area contributed by atoms with E-state index in [1.807, 2.05) is 6.92 Å². The zero-order chi connectivity index (χ0) is 10.7. The molecule has 3 heteroatoms. The first-order valence-electron chi connectivity index (χ1n) is 4.55. The normalized spacial score (nSPS) is 12.6. The number of benzene rings is 1. The summed E-state index contributed by atoms with van der Waals surface area (Å²) in [4.78, 5) is 0. The third-order valence-corrected chi connectivity index (χ3v) is 2.31. The Labute approximate surface area is 83.3 Å². The minimum Gasteiger partial charge on any atom is -0.496 e. The van der Waals surface area contributed by atoms with Gasteiger partial charge in [-0.1, -0.05) is 13.0 Å². The smallest absolute Gasteiger partial charge is 0.130 e. The van der Waals surface area contributed by atoms with Gasteiger partial charge in [-0.15, -0.1) is 0 Å². The molecule has 1 atom stereocenters. The first-order valence-corrected chi connectivity index (χ1v) is 4.55. The molecule has 1 N–H and O–H groups in total. The molecule has 1 unspecified atom stereocenters. The number of aryl methyl sites for hydroxylation is 1. The molecule has 78 valence electrons. The van der Waals surface area contributed by atoms with Crippen LogP contribution in [0.1, 0.15) is 24.0 Å². The summed E-state index contributed by atoms with van der Waals surface area (Å²) in [6.45, 7) is 3.53. The van der Waals surface area contributed by atoms with Crippen molar-refractivity contribution in [2.45, 2.75) is 19.8 Å². The summed E-state index contributed by atoms with van der Waals surface area (Å²) >= 11 is 0. The first kappa shape index (κ1) is 11.0. The molecule has 1 aromatic rings. The predicted octanol–water partition coefficient (Wildman–Crippen LogP) is 2.24. The molecule has 0 heterocycles. The van der Waals surface area contributed by atoms with E-state index in [4.69, 9.17) is 9.84 Å². The van der Waals surface area contributed by atoms with Gasteiger partial charge in [-0.2, -0.15) is 0 Å². The van der Waals surface area contributed by atoms with Crippen LogP contribution in [0.3, 0.4) is 0 Å². The summed E-state index contributed by atoms with van der Waals surface area (Å²) in [7, 11) is 1.51. The summed E-state index contributed by atoms with van der Waals surface area (Å²) < 4.78 is 18.6. The lowest BCUT2D eigenvalue weighted by Crippen LogP contribution is -2.06. The van der Waals surface area contributed by atoms with E-state index in [0.717, 1.165) is 5.56 Å². The van der Waals surface area contributed by atoms with E-state index in [1.165, 1.54) is 13.2 Å². The summed E-state index contributed by atoms with van der Waals surface area (Å²) in [5.74, 6) is -0.0367. The fourth-order valence-electron chi connectivity index (χ4n) is 1.51. The van der Waals surface area contributed by atoms with Crippen LogP contribution in [0.2, 0.25) is 0 Å². The third-order valence-electron chi connectivity index (χ3n) is 2.31. The maximum absolute atomic E-state index is 13.5. The zero-order valence-electron chi connectivity index (χ0n) is 8.67. The maximum atomic E-state index is 13.5. The predicted molar refractivity (Wildman–Crippen MR) is 53.2 cm³/mol. The van der Waals surface area contributed by atoms with Crippen molar-refractivity contribution < 1.29 is 14.2 Å². The van der Waals surface area contributed by atoms with Gasteiger partial charge in [0.25, 0.3) is 0 Å². The monoisotopic (exact) mass is 198 g/mol. The quantitative estimate of drug-likeness (QED) is 0.807. The molecule has 0 aromatic heterocycles. The Hall–Kier alpha value is -1.09. The topological polar surface area (TPSA) is 29.5 Å². The van der Waals surface area contributed by atoms with E-state index in [1.54, 1.807) is 13.0 Å². The highest BCUT2D eigenvalue weighted by Gasteiger charge is 2.17. The average molecular weight is 198 g/mol. The average Bonchev–Trinajstić information content (AvgIpc) is 2.19. The van der Waals surface area contributed by atoms with E-state index < -0.39 is 0 Å². The van der Waals surface area contributed by atoms with E-state index in [-0.39, 0.29) is 18.3 Å². The zero-order valence-corrected chi connectivity index (χ0v) is 8.67. The van der Waals surface area contributed by atoms with Crippen LogP contribution in [0.15, 0.2) is 12.1 Å². The van der Waals surface area contributed by atoms with E-state index in [9.17, 15) is 4.39 Å². The first-order chi connectivity index (χ1) is 6.61. The SMILES string of the molecule is COc1c(C)ccc(F)c1C(C)CO. The highest BCUT2D eigenvalue weighted by molar-refractivity contribution is 5.43. The largest absolute Gasteiger partial charge is 0.496 e. The molecule has 0 amide bonds. The van der Waals surface area contributed by atoms with Crippen molar-refractivity contribution in [3.05, 3.63) is 29.1 Å². The van der Waals surface area contributed by atoms with Crippen molar-refractivity contribution in [1.29, 1.82) is 0 Å². The lowest BCUT2D eigenvalue weighted by molar-refractivity contribution is 0.266. The molecule has 0 aliphatic heterocycles. The van der Waals surface area contributed by atoms with Crippen molar-refractivity contribution >= 4 is 0 Å². The van der Waals surface area contributed by atoms with Crippen molar-refractivity contribution in [1.82, 2.24) is 0 Å². The Bertz CT molecular complexity index is 323. The molecule has 14 heavy (non-hydrogen) atoms. The molecule has 0 radical (unpaired) electrons. The number of aliphatic hydroxyl groups excluding tert-OH is 1. The van der Waals surface area contributed by atoms with E-state index >= 15 is 0 Å². The number of hydrogen-bond donors (Lipinski definition) is 1. The van der Waals surface area contributed by atoms with Crippen molar-refractivity contribution in [3.8, 4) is 5.75 Å². The van der Waals surface area contributed by atoms with Gasteiger partial charge < -0.3 is 9.84 Å². The van der Waals surface area contributed by atoms with Crippen LogP contribution in [0, 0.1) is 12.7 Å². The molecule has 0 fully saturated rings. The number of methoxy groups -OCH3 is 1. The fourth-order valence-corrected chi connectivity index (χ4v) is 1.51. The van der Waals surface area contributed by atoms with Gasteiger partial charge in [0.2, 0.25) is 0 Å². The van der Waals surface area contributed by atoms with Crippen LogP contribution >= 0.6 is 0 Å². The molecule has 1 rings (SSSR count). The van der Waals surface area contributed by atoms with Gasteiger partial charge in [0.1, 0.15) is 11.6 Å². The Balaban J connectivity index is 3.29. The van der Waals surface area contributed by atoms with Crippen LogP contribution in [-0.4, -0.2) is 18.8 Å². The molecule has 0 aliphatic rings. The summed E-state index contributed by atoms with van der Waals surface area (Å²) in [5, 5.41) is 9.00. The van der Waals surface area contributed by atoms with Crippen LogP contribution in [0.4, 0.5) is 4.39 Å². The number of ether oxygens (including phenoxy) is 1. The summed E-state index contributed by atoms with van der Waals surface area (Å²) in [6.07, 6.45) is 0. The molecule has 0 bridgehead atoms. The van der Waals surface area contributed by atoms with Gasteiger partial charge in [-0.3, -0.25) is 0 Å². The maximum Gasteiger partial charge on any atom is 0.130 e. The number of rotatable bonds is 3. The Kier molecular flexibility index (Phi) is 3.47. The third kappa shape index (κ3) is 1.87. The van der Waals surface area contributed by atoms with Crippen molar-refractivity contribution in [2.24, 2.45) is 0 Å². The Morgan fingerprint density at radius 3 is 2.64 bits per heavy atom. The standard InChI is InChI=1S/C11H15FO2/c1-7-4-5-9(12)10(8(2)6-13)11(7)14-3/h4-5,8,13H,6H2,1-3H3. The summed E-state index contributed by atoms with van der Waals surface area (Å²) in [6, 6.07) is 3.07. The van der Waals surface area contributed by atoms with Crippen molar-refractivity contribution in [2.75, 3.05) is 13.7 Å². The molecule has 1 aromatic carbocycles. The van der Waals surface area contributed by atoms with Gasteiger partial charge in [0, 0.05) is 18.1 Å². The number of aliphatic hydroxyl groups is 1. The lowest BCUT2D eigenvalue weighted by Gasteiger charge is -2.16. The molecule has 0 saturated carbocycles. The Morgan fingerprint density at radius 2 is 2.14 bits per heavy atom. The Morgan fingerprint density at radius 1 is 1.50 bits per heavy atom. The van der Waals surface area contributed by atoms with E-state index in [0.29, 0.717) is 11.3 Å². The van der Waals surface area contributed by atoms with Gasteiger partial charge in [-0.25, -0.2) is 4.39 Å². The van der Waals surface area contributed by atoms with Gasteiger partial charge >= 0.3 is 0 Å². The van der Waals surface area contributed by atoms with Gasteiger partial charge in [0.15, 0.2) is 0 Å². The molecular weight excluding hydrogens is 183 g/mol. The molecule has 0 spiro atoms. The molecule has 0 saturated heterocycles. The second-order valence-corrected chi connectivity index (χ2v) is 3.39. The van der Waals surface area contributed by atoms with Crippen LogP contribution in [0.5, 0.6) is 5.75 Å². The number of halogens is 1. The van der Waals surface area contributed by atoms with E-state index in [2.05, 4.69) is 0 Å². The van der Waals surface area contributed by atoms with Crippen LogP contribution in [0.25, 0.3) is 0 Å². The highest BCUT2D eigenvalue weighted by Crippen LogP contribution is 2.31. The van der Waals surface area contributed by atoms with Crippen LogP contribution < -0.4 is 4.74 Å². The lowest BCUT2D eigenvalue weighted by atomic mass is 9.98. The minimum absolute atomic E-state index is 0.0866. The van der Waals surface area contributed by atoms with Crippen molar-refractivity contribution in [3.63, 3.8) is 0 Å². The van der Waals surface area contributed by atoms with Gasteiger partial charge in [-0.05, 0) is 18.6 Å². The molecule has 2 nitrogen and oxygen atoms in total. The van der Waals surface area contributed by atoms with Crippen LogP contribution in [-0.2, 0) is 0 Å². The van der Waals surface area contributed by atoms with Gasteiger partial charge in [0.05, 0.1) is 7.11 Å². The summed E-state index contributed by atoms with van der Waals surface area (Å²) in [5.41, 5.74) is 1.33. The fraction of sp³-hybridized carbons (Fsp3) is 0.455. The number of hydrogen-bond acceptors (Lipinski definition) is 2.